The summed E-state index contributed by atoms with van der Waals surface area (Å²) >= 11 is 0. The molecule has 0 saturated heterocycles. The normalized spacial score (nSPS) is 15.0. The van der Waals surface area contributed by atoms with Gasteiger partial charge in [-0.25, -0.2) is 0 Å². The minimum absolute atomic E-state index is 0.151. The number of amides is 2. The largest absolute Gasteiger partial charge is 0.327 e. The molecule has 1 fully saturated rings. The van der Waals surface area contributed by atoms with Crippen LogP contribution in [0.15, 0.2) is 48.7 Å². The van der Waals surface area contributed by atoms with Crippen molar-refractivity contribution in [1.82, 2.24) is 10.3 Å². The summed E-state index contributed by atoms with van der Waals surface area (Å²) in [6.45, 7) is 0. The molecule has 2 aromatic rings. The van der Waals surface area contributed by atoms with Gasteiger partial charge in [-0.3, -0.25) is 19.9 Å². The van der Waals surface area contributed by atoms with E-state index < -0.39 is 5.91 Å². The molecule has 1 aromatic heterocycles. The maximum absolute atomic E-state index is 12.1. The predicted molar refractivity (Wildman–Crippen MR) is 87.5 cm³/mol. The van der Waals surface area contributed by atoms with Crippen molar-refractivity contribution in [2.75, 3.05) is 0 Å². The Labute approximate surface area is 134 Å². The van der Waals surface area contributed by atoms with Crippen LogP contribution >= 0.6 is 0 Å². The van der Waals surface area contributed by atoms with Crippen molar-refractivity contribution in [2.24, 2.45) is 11.7 Å². The summed E-state index contributed by atoms with van der Waals surface area (Å²) in [5.41, 5.74) is 8.01. The summed E-state index contributed by atoms with van der Waals surface area (Å²) in [5, 5.41) is 2.37. The van der Waals surface area contributed by atoms with E-state index in [0.29, 0.717) is 11.5 Å². The van der Waals surface area contributed by atoms with E-state index in [1.165, 1.54) is 6.20 Å². The van der Waals surface area contributed by atoms with Gasteiger partial charge in [0.25, 0.3) is 5.91 Å². The third-order valence-corrected chi connectivity index (χ3v) is 4.00. The molecule has 5 nitrogen and oxygen atoms in total. The van der Waals surface area contributed by atoms with Crippen LogP contribution in [0, 0.1) is 5.92 Å². The van der Waals surface area contributed by atoms with Crippen molar-refractivity contribution in [3.05, 3.63) is 54.2 Å². The average molecular weight is 309 g/mol. The van der Waals surface area contributed by atoms with Gasteiger partial charge in [0, 0.05) is 24.2 Å². The van der Waals surface area contributed by atoms with E-state index in [-0.39, 0.29) is 18.4 Å². The molecule has 3 rings (SSSR count). The van der Waals surface area contributed by atoms with Crippen LogP contribution in [0.25, 0.3) is 11.3 Å². The Hall–Kier alpha value is -2.53. The van der Waals surface area contributed by atoms with Crippen LogP contribution in [-0.2, 0) is 4.79 Å². The molecule has 0 radical (unpaired) electrons. The highest BCUT2D eigenvalue weighted by Crippen LogP contribution is 2.32. The first kappa shape index (κ1) is 15.4. The van der Waals surface area contributed by atoms with Crippen LogP contribution in [0.3, 0.4) is 0 Å². The molecule has 0 aliphatic heterocycles. The van der Waals surface area contributed by atoms with Crippen molar-refractivity contribution in [1.29, 1.82) is 0 Å². The average Bonchev–Trinajstić information content (AvgIpc) is 3.40. The zero-order valence-electron chi connectivity index (χ0n) is 12.7. The number of hydrogen-bond acceptors (Lipinski definition) is 4. The van der Waals surface area contributed by atoms with Gasteiger partial charge in [-0.15, -0.1) is 0 Å². The van der Waals surface area contributed by atoms with Crippen molar-refractivity contribution in [2.45, 2.75) is 25.3 Å². The maximum Gasteiger partial charge on any atom is 0.259 e. The molecule has 1 aromatic carbocycles. The topological polar surface area (TPSA) is 85.1 Å². The van der Waals surface area contributed by atoms with Crippen LogP contribution in [0.1, 0.15) is 29.6 Å². The van der Waals surface area contributed by atoms with Gasteiger partial charge in [0.2, 0.25) is 5.91 Å². The van der Waals surface area contributed by atoms with Crippen molar-refractivity contribution < 1.29 is 9.59 Å². The molecule has 23 heavy (non-hydrogen) atoms. The van der Waals surface area contributed by atoms with E-state index in [1.807, 2.05) is 30.3 Å². The van der Waals surface area contributed by atoms with E-state index in [4.69, 9.17) is 5.73 Å². The highest BCUT2D eigenvalue weighted by Gasteiger charge is 2.30. The highest BCUT2D eigenvalue weighted by atomic mass is 16.2. The van der Waals surface area contributed by atoms with Crippen LogP contribution in [0.5, 0.6) is 0 Å². The monoisotopic (exact) mass is 309 g/mol. The predicted octanol–water partition coefficient (Wildman–Crippen LogP) is 2.13. The van der Waals surface area contributed by atoms with Crippen LogP contribution in [0.2, 0.25) is 0 Å². The first-order valence-corrected chi connectivity index (χ1v) is 7.75. The van der Waals surface area contributed by atoms with Crippen LogP contribution < -0.4 is 11.1 Å². The minimum atomic E-state index is -0.440. The Morgan fingerprint density at radius 2 is 1.91 bits per heavy atom. The van der Waals surface area contributed by atoms with Gasteiger partial charge in [0.1, 0.15) is 0 Å². The number of nitrogens with zero attached hydrogens (tertiary/aromatic N) is 1. The number of hydrogen-bond donors (Lipinski definition) is 2. The van der Waals surface area contributed by atoms with Crippen LogP contribution in [-0.4, -0.2) is 22.8 Å². The number of carbonyl (C=O) groups is 2. The van der Waals surface area contributed by atoms with E-state index in [9.17, 15) is 9.59 Å². The van der Waals surface area contributed by atoms with Crippen molar-refractivity contribution in [3.8, 4) is 11.3 Å². The molecule has 1 atom stereocenters. The second-order valence-electron chi connectivity index (χ2n) is 5.88. The molecule has 1 aliphatic carbocycles. The summed E-state index contributed by atoms with van der Waals surface area (Å²) in [4.78, 5) is 28.2. The second-order valence-corrected chi connectivity index (χ2v) is 5.88. The number of nitrogens with two attached hydrogens (primary N) is 1. The molecule has 118 valence electrons. The SMILES string of the molecule is NC(CC(=O)NC(=O)c1ccc(-c2ccccc2)nc1)C1CC1. The number of carbonyl (C=O) groups excluding carboxylic acids is 2. The molecular formula is C18H19N3O2. The summed E-state index contributed by atoms with van der Waals surface area (Å²) in [7, 11) is 0. The minimum Gasteiger partial charge on any atom is -0.327 e. The molecule has 2 amide bonds. The van der Waals surface area contributed by atoms with Crippen molar-refractivity contribution >= 4 is 11.8 Å². The van der Waals surface area contributed by atoms with Gasteiger partial charge in [-0.05, 0) is 30.9 Å². The van der Waals surface area contributed by atoms with Crippen LogP contribution in [0.4, 0.5) is 0 Å². The van der Waals surface area contributed by atoms with E-state index in [0.717, 1.165) is 24.1 Å². The number of aromatic nitrogens is 1. The summed E-state index contributed by atoms with van der Waals surface area (Å²) in [6, 6.07) is 13.0. The molecule has 1 unspecified atom stereocenters. The standard InChI is InChI=1S/C18H19N3O2/c19-15(12-6-7-12)10-17(22)21-18(23)14-8-9-16(20-11-14)13-4-2-1-3-5-13/h1-5,8-9,11-12,15H,6-7,10,19H2,(H,21,22,23). The van der Waals surface area contributed by atoms with Gasteiger partial charge >= 0.3 is 0 Å². The fourth-order valence-corrected chi connectivity index (χ4v) is 2.46. The fraction of sp³-hybridized carbons (Fsp3) is 0.278. The lowest BCUT2D eigenvalue weighted by atomic mass is 10.1. The Balaban J connectivity index is 1.60. The number of benzene rings is 1. The second kappa shape index (κ2) is 6.71. The lowest BCUT2D eigenvalue weighted by molar-refractivity contribution is -0.120. The Morgan fingerprint density at radius 1 is 1.17 bits per heavy atom. The molecule has 0 spiro atoms. The third-order valence-electron chi connectivity index (χ3n) is 4.00. The van der Waals surface area contributed by atoms with Gasteiger partial charge in [0.15, 0.2) is 0 Å². The molecule has 0 bridgehead atoms. The number of nitrogens with one attached hydrogen (secondary N) is 1. The molecular weight excluding hydrogens is 290 g/mol. The molecule has 1 saturated carbocycles. The zero-order chi connectivity index (χ0) is 16.2. The maximum atomic E-state index is 12.1. The van der Waals surface area contributed by atoms with E-state index in [2.05, 4.69) is 10.3 Å². The summed E-state index contributed by atoms with van der Waals surface area (Å²) in [5.74, 6) is -0.339. The smallest absolute Gasteiger partial charge is 0.259 e. The van der Waals surface area contributed by atoms with E-state index in [1.54, 1.807) is 12.1 Å². The Morgan fingerprint density at radius 3 is 2.52 bits per heavy atom. The Kier molecular flexibility index (Phi) is 4.48. The lowest BCUT2D eigenvalue weighted by Crippen LogP contribution is -2.36. The third kappa shape index (κ3) is 4.02. The lowest BCUT2D eigenvalue weighted by Gasteiger charge is -2.10. The summed E-state index contributed by atoms with van der Waals surface area (Å²) < 4.78 is 0. The van der Waals surface area contributed by atoms with Gasteiger partial charge in [-0.2, -0.15) is 0 Å². The first-order chi connectivity index (χ1) is 11.1. The Bertz CT molecular complexity index is 694. The molecule has 1 heterocycles. The van der Waals surface area contributed by atoms with Gasteiger partial charge < -0.3 is 5.73 Å². The van der Waals surface area contributed by atoms with Crippen molar-refractivity contribution in [3.63, 3.8) is 0 Å². The quantitative estimate of drug-likeness (QED) is 0.886. The highest BCUT2D eigenvalue weighted by molar-refractivity contribution is 6.04. The molecule has 1 aliphatic rings. The summed E-state index contributed by atoms with van der Waals surface area (Å²) in [6.07, 6.45) is 3.82. The van der Waals surface area contributed by atoms with Gasteiger partial charge in [0.05, 0.1) is 11.3 Å². The molecule has 5 heteroatoms. The number of imide groups is 1. The fourth-order valence-electron chi connectivity index (χ4n) is 2.46. The van der Waals surface area contributed by atoms with E-state index >= 15 is 0 Å². The zero-order valence-corrected chi connectivity index (χ0v) is 12.7. The van der Waals surface area contributed by atoms with Gasteiger partial charge in [-0.1, -0.05) is 30.3 Å². The molecule has 3 N–H and O–H groups in total. The number of rotatable bonds is 5. The number of pyridine rings is 1. The first-order valence-electron chi connectivity index (χ1n) is 7.75.